The summed E-state index contributed by atoms with van der Waals surface area (Å²) in [5, 5.41) is 4.73. The zero-order chi connectivity index (χ0) is 18.4. The molecule has 7 heteroatoms. The van der Waals surface area contributed by atoms with Crippen LogP contribution in [-0.2, 0) is 14.3 Å². The molecule has 0 aliphatic carbocycles. The topological polar surface area (TPSA) is 67.9 Å². The van der Waals surface area contributed by atoms with E-state index in [0.717, 1.165) is 10.6 Å². The molecule has 0 radical (unpaired) electrons. The number of rotatable bonds is 5. The Kier molecular flexibility index (Phi) is 6.04. The second kappa shape index (κ2) is 8.64. The lowest BCUT2D eigenvalue weighted by molar-refractivity contribution is -0.111. The number of anilines is 2. The highest BCUT2D eigenvalue weighted by atomic mass is 32.1. The van der Waals surface area contributed by atoms with Crippen molar-refractivity contribution in [1.82, 2.24) is 0 Å². The van der Waals surface area contributed by atoms with Crippen molar-refractivity contribution in [3.05, 3.63) is 52.2 Å². The number of hydrogen-bond acceptors (Lipinski definition) is 6. The van der Waals surface area contributed by atoms with E-state index in [4.69, 9.17) is 9.47 Å². The number of morpholine rings is 1. The van der Waals surface area contributed by atoms with E-state index in [1.807, 2.05) is 23.6 Å². The number of thiophene rings is 1. The first-order valence-electron chi connectivity index (χ1n) is 8.25. The Morgan fingerprint density at radius 3 is 2.77 bits per heavy atom. The fourth-order valence-electron chi connectivity index (χ4n) is 2.70. The molecule has 1 aromatic carbocycles. The summed E-state index contributed by atoms with van der Waals surface area (Å²) < 4.78 is 10.3. The molecule has 136 valence electrons. The van der Waals surface area contributed by atoms with E-state index in [-0.39, 0.29) is 5.91 Å². The Morgan fingerprint density at radius 1 is 1.27 bits per heavy atom. The summed E-state index contributed by atoms with van der Waals surface area (Å²) in [6.07, 6.45) is 3.23. The molecular weight excluding hydrogens is 352 g/mol. The predicted molar refractivity (Wildman–Crippen MR) is 103 cm³/mol. The summed E-state index contributed by atoms with van der Waals surface area (Å²) in [6, 6.07) is 9.12. The number of esters is 1. The number of amides is 1. The van der Waals surface area contributed by atoms with Crippen LogP contribution in [-0.4, -0.2) is 45.3 Å². The van der Waals surface area contributed by atoms with E-state index in [1.165, 1.54) is 13.2 Å². The van der Waals surface area contributed by atoms with Crippen LogP contribution in [0.5, 0.6) is 0 Å². The highest BCUT2D eigenvalue weighted by molar-refractivity contribution is 7.10. The molecule has 3 rings (SSSR count). The van der Waals surface area contributed by atoms with Gasteiger partial charge >= 0.3 is 5.97 Å². The normalized spacial score (nSPS) is 14.4. The number of nitrogens with one attached hydrogen (secondary N) is 1. The first kappa shape index (κ1) is 18.2. The number of hydrogen-bond donors (Lipinski definition) is 1. The van der Waals surface area contributed by atoms with E-state index in [0.29, 0.717) is 37.6 Å². The minimum absolute atomic E-state index is 0.256. The first-order valence-corrected chi connectivity index (χ1v) is 9.13. The van der Waals surface area contributed by atoms with Crippen LogP contribution in [0.25, 0.3) is 6.08 Å². The lowest BCUT2D eigenvalue weighted by Crippen LogP contribution is -2.37. The third-order valence-corrected chi connectivity index (χ3v) is 4.80. The van der Waals surface area contributed by atoms with Gasteiger partial charge in [0.25, 0.3) is 0 Å². The van der Waals surface area contributed by atoms with Crippen molar-refractivity contribution >= 4 is 40.7 Å². The van der Waals surface area contributed by atoms with Crippen LogP contribution in [0.15, 0.2) is 41.8 Å². The Bertz CT molecular complexity index is 796. The fourth-order valence-corrected chi connectivity index (χ4v) is 3.31. The fraction of sp³-hybridized carbons (Fsp3) is 0.263. The van der Waals surface area contributed by atoms with Crippen LogP contribution in [0.4, 0.5) is 11.4 Å². The number of nitrogens with zero attached hydrogens (tertiary/aromatic N) is 1. The zero-order valence-electron chi connectivity index (χ0n) is 14.4. The molecule has 1 fully saturated rings. The Morgan fingerprint density at radius 2 is 2.08 bits per heavy atom. The highest BCUT2D eigenvalue weighted by Gasteiger charge is 2.20. The Balaban J connectivity index is 1.77. The highest BCUT2D eigenvalue weighted by Crippen LogP contribution is 2.26. The van der Waals surface area contributed by atoms with Crippen molar-refractivity contribution in [2.24, 2.45) is 0 Å². The number of carbonyl (C=O) groups excluding carboxylic acids is 2. The van der Waals surface area contributed by atoms with Gasteiger partial charge in [0.05, 0.1) is 31.6 Å². The van der Waals surface area contributed by atoms with Crippen molar-refractivity contribution < 1.29 is 19.1 Å². The number of methoxy groups -OCH3 is 1. The van der Waals surface area contributed by atoms with Crippen LogP contribution in [0, 0.1) is 0 Å². The predicted octanol–water partition coefficient (Wildman–Crippen LogP) is 3.02. The van der Waals surface area contributed by atoms with Gasteiger partial charge in [-0.2, -0.15) is 0 Å². The molecule has 1 aromatic heterocycles. The van der Waals surface area contributed by atoms with Crippen molar-refractivity contribution in [3.63, 3.8) is 0 Å². The molecular formula is C19H20N2O4S. The largest absolute Gasteiger partial charge is 0.465 e. The minimum Gasteiger partial charge on any atom is -0.465 e. The van der Waals surface area contributed by atoms with Gasteiger partial charge in [-0.05, 0) is 35.7 Å². The second-order valence-corrected chi connectivity index (χ2v) is 6.64. The third-order valence-electron chi connectivity index (χ3n) is 3.96. The number of ether oxygens (including phenoxy) is 2. The smallest absolute Gasteiger partial charge is 0.340 e. The standard InChI is InChI=1S/C19H20N2O4S/c1-24-19(23)16-13-14(4-6-17(16)21-8-10-25-11-9-21)20-18(22)7-5-15-3-2-12-26-15/h2-7,12-13H,8-11H2,1H3,(H,20,22)/b7-5-. The molecule has 1 amide bonds. The molecule has 0 saturated carbocycles. The second-order valence-electron chi connectivity index (χ2n) is 5.66. The average Bonchev–Trinajstić information content (AvgIpc) is 3.20. The van der Waals surface area contributed by atoms with Gasteiger partial charge in [0.15, 0.2) is 0 Å². The van der Waals surface area contributed by atoms with Gasteiger partial charge in [0.1, 0.15) is 0 Å². The van der Waals surface area contributed by atoms with Crippen LogP contribution in [0.3, 0.4) is 0 Å². The maximum Gasteiger partial charge on any atom is 0.340 e. The molecule has 2 aromatic rings. The van der Waals surface area contributed by atoms with Crippen LogP contribution < -0.4 is 10.2 Å². The minimum atomic E-state index is -0.434. The molecule has 0 unspecified atom stereocenters. The lowest BCUT2D eigenvalue weighted by atomic mass is 10.1. The van der Waals surface area contributed by atoms with Gasteiger partial charge in [0.2, 0.25) is 5.91 Å². The molecule has 6 nitrogen and oxygen atoms in total. The van der Waals surface area contributed by atoms with Gasteiger partial charge in [-0.1, -0.05) is 6.07 Å². The quantitative estimate of drug-likeness (QED) is 0.645. The molecule has 1 N–H and O–H groups in total. The summed E-state index contributed by atoms with van der Waals surface area (Å²) in [6.45, 7) is 2.65. The first-order chi connectivity index (χ1) is 12.7. The Hall–Kier alpha value is -2.64. The van der Waals surface area contributed by atoms with E-state index >= 15 is 0 Å². The summed E-state index contributed by atoms with van der Waals surface area (Å²) in [4.78, 5) is 27.4. The van der Waals surface area contributed by atoms with E-state index in [1.54, 1.807) is 29.5 Å². The van der Waals surface area contributed by atoms with Crippen molar-refractivity contribution in [3.8, 4) is 0 Å². The number of carbonyl (C=O) groups is 2. The average molecular weight is 372 g/mol. The van der Waals surface area contributed by atoms with E-state index in [2.05, 4.69) is 10.2 Å². The zero-order valence-corrected chi connectivity index (χ0v) is 15.3. The van der Waals surface area contributed by atoms with Gasteiger partial charge < -0.3 is 19.7 Å². The maximum atomic E-state index is 12.2. The van der Waals surface area contributed by atoms with E-state index in [9.17, 15) is 9.59 Å². The maximum absolute atomic E-state index is 12.2. The van der Waals surface area contributed by atoms with Crippen molar-refractivity contribution in [2.75, 3.05) is 43.6 Å². The number of benzene rings is 1. The van der Waals surface area contributed by atoms with Crippen molar-refractivity contribution in [1.29, 1.82) is 0 Å². The van der Waals surface area contributed by atoms with E-state index < -0.39 is 5.97 Å². The summed E-state index contributed by atoms with van der Waals surface area (Å²) in [5.41, 5.74) is 1.75. The monoisotopic (exact) mass is 372 g/mol. The van der Waals surface area contributed by atoms with Crippen molar-refractivity contribution in [2.45, 2.75) is 0 Å². The molecule has 0 spiro atoms. The summed E-state index contributed by atoms with van der Waals surface area (Å²) >= 11 is 1.55. The lowest BCUT2D eigenvalue weighted by Gasteiger charge is -2.30. The molecule has 0 bridgehead atoms. The molecule has 1 aliphatic rings. The summed E-state index contributed by atoms with van der Waals surface area (Å²) in [7, 11) is 1.35. The molecule has 1 saturated heterocycles. The van der Waals surface area contributed by atoms with Crippen LogP contribution in [0.1, 0.15) is 15.2 Å². The molecule has 2 heterocycles. The van der Waals surface area contributed by atoms with Gasteiger partial charge in [-0.25, -0.2) is 4.79 Å². The van der Waals surface area contributed by atoms with Crippen LogP contribution >= 0.6 is 11.3 Å². The van der Waals surface area contributed by atoms with Gasteiger partial charge in [-0.15, -0.1) is 11.3 Å². The third kappa shape index (κ3) is 4.50. The molecule has 0 atom stereocenters. The molecule has 26 heavy (non-hydrogen) atoms. The Labute approximate surface area is 156 Å². The SMILES string of the molecule is COC(=O)c1cc(NC(=O)/C=C\c2cccs2)ccc1N1CCOCC1. The van der Waals surface area contributed by atoms with Gasteiger partial charge in [0, 0.05) is 29.7 Å². The van der Waals surface area contributed by atoms with Crippen LogP contribution in [0.2, 0.25) is 0 Å². The van der Waals surface area contributed by atoms with Gasteiger partial charge in [-0.3, -0.25) is 4.79 Å². The molecule has 1 aliphatic heterocycles. The summed E-state index contributed by atoms with van der Waals surface area (Å²) in [5.74, 6) is -0.690.